The highest BCUT2D eigenvalue weighted by Gasteiger charge is 2.35. The number of anilines is 1. The molecule has 0 bridgehead atoms. The number of nitrogens with two attached hydrogens (primary N) is 1. The van der Waals surface area contributed by atoms with Crippen molar-refractivity contribution in [1.29, 1.82) is 0 Å². The van der Waals surface area contributed by atoms with Gasteiger partial charge in [-0.1, -0.05) is 12.1 Å². The van der Waals surface area contributed by atoms with Crippen molar-refractivity contribution in [2.45, 2.75) is 19.0 Å². The summed E-state index contributed by atoms with van der Waals surface area (Å²) >= 11 is 0. The highest BCUT2D eigenvalue weighted by Crippen LogP contribution is 2.36. The summed E-state index contributed by atoms with van der Waals surface area (Å²) in [5.41, 5.74) is 5.22. The smallest absolute Gasteiger partial charge is 0.368 e. The van der Waals surface area contributed by atoms with Gasteiger partial charge in [-0.05, 0) is 38.1 Å². The van der Waals surface area contributed by atoms with Crippen LogP contribution in [0.1, 0.15) is 18.4 Å². The summed E-state index contributed by atoms with van der Waals surface area (Å²) in [6.45, 7) is 4.55. The first-order valence-corrected chi connectivity index (χ1v) is 7.36. The number of alkyl halides is 3. The maximum Gasteiger partial charge on any atom is 0.418 e. The lowest BCUT2D eigenvalue weighted by Gasteiger charge is -2.37. The Morgan fingerprint density at radius 3 is 2.29 bits per heavy atom. The van der Waals surface area contributed by atoms with Crippen molar-refractivity contribution >= 4 is 5.69 Å². The van der Waals surface area contributed by atoms with Crippen molar-refractivity contribution in [2.24, 2.45) is 5.73 Å². The topological polar surface area (TPSA) is 32.5 Å². The summed E-state index contributed by atoms with van der Waals surface area (Å²) in [4.78, 5) is 4.13. The first-order valence-electron chi connectivity index (χ1n) is 7.36. The molecule has 0 radical (unpaired) electrons. The fourth-order valence-electron chi connectivity index (χ4n) is 2.68. The van der Waals surface area contributed by atoms with Gasteiger partial charge in [-0.15, -0.1) is 0 Å². The first kappa shape index (κ1) is 16.1. The summed E-state index contributed by atoms with van der Waals surface area (Å²) < 4.78 is 39.1. The van der Waals surface area contributed by atoms with Gasteiger partial charge in [0.05, 0.1) is 5.56 Å². The SMILES string of the molecule is NCCCCN1CCN(c2ccccc2C(F)(F)F)CC1. The largest absolute Gasteiger partial charge is 0.418 e. The molecule has 0 unspecified atom stereocenters. The van der Waals surface area contributed by atoms with Crippen LogP contribution in [0, 0.1) is 0 Å². The molecular formula is C15H22F3N3. The lowest BCUT2D eigenvalue weighted by molar-refractivity contribution is -0.137. The van der Waals surface area contributed by atoms with E-state index in [-0.39, 0.29) is 0 Å². The van der Waals surface area contributed by atoms with Crippen LogP contribution in [0.2, 0.25) is 0 Å². The minimum Gasteiger partial charge on any atom is -0.368 e. The molecule has 1 heterocycles. The van der Waals surface area contributed by atoms with Crippen LogP contribution in [0.25, 0.3) is 0 Å². The van der Waals surface area contributed by atoms with Gasteiger partial charge in [-0.2, -0.15) is 13.2 Å². The van der Waals surface area contributed by atoms with Crippen LogP contribution in [-0.2, 0) is 6.18 Å². The Morgan fingerprint density at radius 1 is 1.00 bits per heavy atom. The van der Waals surface area contributed by atoms with Gasteiger partial charge in [0.2, 0.25) is 0 Å². The van der Waals surface area contributed by atoms with Crippen LogP contribution in [0.4, 0.5) is 18.9 Å². The maximum absolute atomic E-state index is 13.0. The van der Waals surface area contributed by atoms with Crippen molar-refractivity contribution < 1.29 is 13.2 Å². The van der Waals surface area contributed by atoms with Gasteiger partial charge in [0, 0.05) is 31.9 Å². The average Bonchev–Trinajstić information content (AvgIpc) is 2.47. The fourth-order valence-corrected chi connectivity index (χ4v) is 2.68. The highest BCUT2D eigenvalue weighted by molar-refractivity contribution is 5.55. The fraction of sp³-hybridized carbons (Fsp3) is 0.600. The van der Waals surface area contributed by atoms with Crippen LogP contribution in [0.15, 0.2) is 24.3 Å². The minimum absolute atomic E-state index is 0.298. The molecule has 0 amide bonds. The molecule has 21 heavy (non-hydrogen) atoms. The maximum atomic E-state index is 13.0. The van der Waals surface area contributed by atoms with E-state index in [0.717, 1.165) is 38.5 Å². The zero-order valence-corrected chi connectivity index (χ0v) is 12.1. The number of halogens is 3. The Labute approximate surface area is 123 Å². The van der Waals surface area contributed by atoms with Gasteiger partial charge in [-0.25, -0.2) is 0 Å². The number of para-hydroxylation sites is 1. The van der Waals surface area contributed by atoms with Crippen molar-refractivity contribution in [1.82, 2.24) is 4.90 Å². The molecule has 6 heteroatoms. The van der Waals surface area contributed by atoms with Crippen LogP contribution >= 0.6 is 0 Å². The summed E-state index contributed by atoms with van der Waals surface area (Å²) in [5.74, 6) is 0. The van der Waals surface area contributed by atoms with Gasteiger partial charge < -0.3 is 10.6 Å². The first-order chi connectivity index (χ1) is 10.0. The Balaban J connectivity index is 1.97. The number of hydrogen-bond donors (Lipinski definition) is 1. The molecule has 1 saturated heterocycles. The third-order valence-electron chi connectivity index (χ3n) is 3.85. The molecule has 0 aromatic heterocycles. The summed E-state index contributed by atoms with van der Waals surface area (Å²) in [6.07, 6.45) is -2.25. The van der Waals surface area contributed by atoms with Crippen LogP contribution < -0.4 is 10.6 Å². The van der Waals surface area contributed by atoms with E-state index in [2.05, 4.69) is 4.90 Å². The van der Waals surface area contributed by atoms with E-state index < -0.39 is 11.7 Å². The number of benzene rings is 1. The lowest BCUT2D eigenvalue weighted by atomic mass is 10.1. The van der Waals surface area contributed by atoms with Crippen molar-refractivity contribution in [3.8, 4) is 0 Å². The lowest BCUT2D eigenvalue weighted by Crippen LogP contribution is -2.47. The molecule has 1 fully saturated rings. The number of piperazine rings is 1. The molecule has 3 nitrogen and oxygen atoms in total. The average molecular weight is 301 g/mol. The summed E-state index contributed by atoms with van der Waals surface area (Å²) in [6, 6.07) is 5.82. The Bertz CT molecular complexity index is 440. The van der Waals surface area contributed by atoms with Crippen LogP contribution in [0.5, 0.6) is 0 Å². The van der Waals surface area contributed by atoms with Crippen molar-refractivity contribution in [3.05, 3.63) is 29.8 Å². The molecule has 0 saturated carbocycles. The van der Waals surface area contributed by atoms with Crippen molar-refractivity contribution in [2.75, 3.05) is 44.2 Å². The Kier molecular flexibility index (Phi) is 5.47. The van der Waals surface area contributed by atoms with E-state index in [4.69, 9.17) is 5.73 Å². The number of rotatable bonds is 5. The quantitative estimate of drug-likeness (QED) is 0.849. The number of unbranched alkanes of at least 4 members (excludes halogenated alkanes) is 1. The molecular weight excluding hydrogens is 279 g/mol. The van der Waals surface area contributed by atoms with Gasteiger partial charge in [0.15, 0.2) is 0 Å². The summed E-state index contributed by atoms with van der Waals surface area (Å²) in [5, 5.41) is 0. The second kappa shape index (κ2) is 7.13. The third kappa shape index (κ3) is 4.35. The predicted octanol–water partition coefficient (Wildman–Crippen LogP) is 2.57. The molecule has 2 rings (SSSR count). The predicted molar refractivity (Wildman–Crippen MR) is 78.4 cm³/mol. The minimum atomic E-state index is -4.30. The van der Waals surface area contributed by atoms with Gasteiger partial charge in [-0.3, -0.25) is 4.90 Å². The molecule has 0 aliphatic carbocycles. The Morgan fingerprint density at radius 2 is 1.67 bits per heavy atom. The zero-order chi connectivity index (χ0) is 15.3. The van der Waals surface area contributed by atoms with Crippen LogP contribution in [-0.4, -0.2) is 44.2 Å². The van der Waals surface area contributed by atoms with E-state index in [0.29, 0.717) is 25.3 Å². The number of hydrogen-bond acceptors (Lipinski definition) is 3. The number of nitrogens with zero attached hydrogens (tertiary/aromatic N) is 2. The second-order valence-corrected chi connectivity index (χ2v) is 5.34. The van der Waals surface area contributed by atoms with E-state index in [1.807, 2.05) is 4.90 Å². The molecule has 0 spiro atoms. The monoisotopic (exact) mass is 301 g/mol. The van der Waals surface area contributed by atoms with E-state index in [1.54, 1.807) is 12.1 Å². The van der Waals surface area contributed by atoms with E-state index in [1.165, 1.54) is 6.07 Å². The third-order valence-corrected chi connectivity index (χ3v) is 3.85. The molecule has 118 valence electrons. The second-order valence-electron chi connectivity index (χ2n) is 5.34. The van der Waals surface area contributed by atoms with Gasteiger partial charge in [0.25, 0.3) is 0 Å². The molecule has 2 N–H and O–H groups in total. The molecule has 1 aliphatic heterocycles. The normalized spacial score (nSPS) is 17.2. The standard InChI is InChI=1S/C15H22F3N3/c16-15(17,18)13-5-1-2-6-14(13)21-11-9-20(10-12-21)8-4-3-7-19/h1-2,5-6H,3-4,7-12,19H2. The molecule has 1 aromatic carbocycles. The zero-order valence-electron chi connectivity index (χ0n) is 12.1. The molecule has 0 atom stereocenters. The van der Waals surface area contributed by atoms with E-state index >= 15 is 0 Å². The molecule has 1 aromatic rings. The van der Waals surface area contributed by atoms with Gasteiger partial charge >= 0.3 is 6.18 Å². The van der Waals surface area contributed by atoms with Crippen LogP contribution in [0.3, 0.4) is 0 Å². The summed E-state index contributed by atoms with van der Waals surface area (Å²) in [7, 11) is 0. The van der Waals surface area contributed by atoms with E-state index in [9.17, 15) is 13.2 Å². The Hall–Kier alpha value is -1.27. The van der Waals surface area contributed by atoms with Crippen molar-refractivity contribution in [3.63, 3.8) is 0 Å². The molecule has 1 aliphatic rings. The van der Waals surface area contributed by atoms with Gasteiger partial charge in [0.1, 0.15) is 0 Å². The highest BCUT2D eigenvalue weighted by atomic mass is 19.4.